The van der Waals surface area contributed by atoms with E-state index in [0.717, 1.165) is 5.56 Å². The zero-order chi connectivity index (χ0) is 15.1. The maximum absolute atomic E-state index is 10.4. The molecule has 0 aliphatic heterocycles. The number of rotatable bonds is 3. The van der Waals surface area contributed by atoms with E-state index in [0.29, 0.717) is 12.2 Å². The Bertz CT molecular complexity index is 521. The molecule has 8 heteroatoms. The van der Waals surface area contributed by atoms with Gasteiger partial charge in [-0.2, -0.15) is 4.99 Å². The molecule has 0 radical (unpaired) electrons. The molecule has 0 aliphatic rings. The van der Waals surface area contributed by atoms with Gasteiger partial charge in [0.25, 0.3) is 0 Å². The van der Waals surface area contributed by atoms with Gasteiger partial charge >= 0.3 is 6.09 Å². The van der Waals surface area contributed by atoms with E-state index in [1.807, 2.05) is 0 Å². The summed E-state index contributed by atoms with van der Waals surface area (Å²) in [6.07, 6.45) is -1.10. The molecule has 0 unspecified atom stereocenters. The summed E-state index contributed by atoms with van der Waals surface area (Å²) in [4.78, 5) is 20.0. The summed E-state index contributed by atoms with van der Waals surface area (Å²) >= 11 is 0. The minimum Gasteiger partial charge on any atom is -0.465 e. The number of benzene rings is 1. The van der Waals surface area contributed by atoms with Crippen LogP contribution in [0.1, 0.15) is 5.56 Å². The lowest BCUT2D eigenvalue weighted by atomic mass is 10.2. The fourth-order valence-corrected chi connectivity index (χ4v) is 1.24. The highest BCUT2D eigenvalue weighted by atomic mass is 16.4. The first-order valence-electron chi connectivity index (χ1n) is 5.79. The molecule has 108 valence electrons. The molecule has 0 aromatic heterocycles. The number of hydrogen-bond donors (Lipinski definition) is 4. The third-order valence-electron chi connectivity index (χ3n) is 2.32. The zero-order valence-corrected chi connectivity index (χ0v) is 11.4. The zero-order valence-electron chi connectivity index (χ0n) is 11.4. The third kappa shape index (κ3) is 5.25. The minimum absolute atomic E-state index is 0.0870. The second-order valence-electron chi connectivity index (χ2n) is 4.17. The average Bonchev–Trinajstić information content (AvgIpc) is 2.37. The highest BCUT2D eigenvalue weighted by Gasteiger charge is 1.99. The van der Waals surface area contributed by atoms with Gasteiger partial charge in [0.2, 0.25) is 5.96 Å². The number of nitrogens with one attached hydrogen (secondary N) is 1. The monoisotopic (exact) mass is 278 g/mol. The largest absolute Gasteiger partial charge is 0.465 e. The summed E-state index contributed by atoms with van der Waals surface area (Å²) in [5, 5.41) is 10.8. The van der Waals surface area contributed by atoms with Crippen molar-refractivity contribution in [2.24, 2.45) is 21.5 Å². The fourth-order valence-electron chi connectivity index (χ4n) is 1.24. The van der Waals surface area contributed by atoms with Crippen molar-refractivity contribution in [3.8, 4) is 0 Å². The van der Waals surface area contributed by atoms with E-state index < -0.39 is 6.09 Å². The molecule has 8 nitrogen and oxygen atoms in total. The Labute approximate surface area is 116 Å². The van der Waals surface area contributed by atoms with Gasteiger partial charge in [-0.25, -0.2) is 9.79 Å². The third-order valence-corrected chi connectivity index (χ3v) is 2.32. The SMILES string of the molecule is CN(C)C(N)=NC(N)=NCc1ccc(NC(=O)O)cc1. The molecule has 6 N–H and O–H groups in total. The maximum atomic E-state index is 10.4. The summed E-state index contributed by atoms with van der Waals surface area (Å²) in [7, 11) is 3.50. The second-order valence-corrected chi connectivity index (χ2v) is 4.17. The van der Waals surface area contributed by atoms with Gasteiger partial charge < -0.3 is 21.5 Å². The first-order valence-corrected chi connectivity index (χ1v) is 5.79. The van der Waals surface area contributed by atoms with E-state index in [2.05, 4.69) is 15.3 Å². The van der Waals surface area contributed by atoms with Crippen molar-refractivity contribution in [1.82, 2.24) is 4.90 Å². The lowest BCUT2D eigenvalue weighted by Crippen LogP contribution is -2.32. The summed E-state index contributed by atoms with van der Waals surface area (Å²) in [5.41, 5.74) is 12.6. The van der Waals surface area contributed by atoms with Crippen molar-refractivity contribution >= 4 is 23.7 Å². The quantitative estimate of drug-likeness (QED) is 0.471. The first-order chi connectivity index (χ1) is 9.38. The van der Waals surface area contributed by atoms with Gasteiger partial charge in [0, 0.05) is 19.8 Å². The summed E-state index contributed by atoms with van der Waals surface area (Å²) < 4.78 is 0. The van der Waals surface area contributed by atoms with E-state index >= 15 is 0 Å². The van der Waals surface area contributed by atoms with E-state index in [1.54, 1.807) is 43.3 Å². The molecular formula is C12H18N6O2. The minimum atomic E-state index is -1.10. The molecule has 1 aromatic rings. The number of amides is 1. The standard InChI is InChI=1S/C12H18N6O2/c1-18(2)11(14)17-10(13)15-7-8-3-5-9(6-4-8)16-12(19)20/h3-6,16H,7H2,1-2H3,(H,19,20)(H4,13,14,15,17). The van der Waals surface area contributed by atoms with Gasteiger partial charge in [-0.05, 0) is 17.7 Å². The Morgan fingerprint density at radius 1 is 1.30 bits per heavy atom. The Morgan fingerprint density at radius 3 is 2.40 bits per heavy atom. The van der Waals surface area contributed by atoms with E-state index in [-0.39, 0.29) is 11.9 Å². The van der Waals surface area contributed by atoms with Gasteiger partial charge in [0.15, 0.2) is 5.96 Å². The van der Waals surface area contributed by atoms with Crippen LogP contribution < -0.4 is 16.8 Å². The van der Waals surface area contributed by atoms with Crippen LogP contribution >= 0.6 is 0 Å². The van der Waals surface area contributed by atoms with Gasteiger partial charge in [-0.3, -0.25) is 5.32 Å². The van der Waals surface area contributed by atoms with E-state index in [9.17, 15) is 4.79 Å². The number of carboxylic acid groups (broad SMARTS) is 1. The van der Waals surface area contributed by atoms with Crippen LogP contribution in [0.4, 0.5) is 10.5 Å². The number of guanidine groups is 2. The smallest absolute Gasteiger partial charge is 0.409 e. The molecule has 0 saturated heterocycles. The predicted molar refractivity (Wildman–Crippen MR) is 78.7 cm³/mol. The molecule has 0 aliphatic carbocycles. The lowest BCUT2D eigenvalue weighted by Gasteiger charge is -2.09. The van der Waals surface area contributed by atoms with Gasteiger partial charge in [-0.15, -0.1) is 0 Å². The van der Waals surface area contributed by atoms with Crippen LogP contribution in [0.2, 0.25) is 0 Å². The van der Waals surface area contributed by atoms with E-state index in [1.165, 1.54) is 0 Å². The van der Waals surface area contributed by atoms with Crippen LogP contribution in [0, 0.1) is 0 Å². The van der Waals surface area contributed by atoms with Crippen LogP contribution in [0.3, 0.4) is 0 Å². The summed E-state index contributed by atoms with van der Waals surface area (Å²) in [6, 6.07) is 6.79. The second kappa shape index (κ2) is 6.98. The van der Waals surface area contributed by atoms with Gasteiger partial charge in [-0.1, -0.05) is 12.1 Å². The van der Waals surface area contributed by atoms with Crippen LogP contribution in [0.15, 0.2) is 34.3 Å². The van der Waals surface area contributed by atoms with Crippen LogP contribution in [0.5, 0.6) is 0 Å². The molecule has 0 heterocycles. The molecule has 1 rings (SSSR count). The van der Waals surface area contributed by atoms with Gasteiger partial charge in [0.05, 0.1) is 6.54 Å². The number of carbonyl (C=O) groups is 1. The van der Waals surface area contributed by atoms with Gasteiger partial charge in [0.1, 0.15) is 0 Å². The number of hydrogen-bond acceptors (Lipinski definition) is 2. The molecule has 0 fully saturated rings. The Balaban J connectivity index is 2.65. The topological polar surface area (TPSA) is 129 Å². The molecule has 1 aromatic carbocycles. The predicted octanol–water partition coefficient (Wildman–Crippen LogP) is 0.468. The maximum Gasteiger partial charge on any atom is 0.409 e. The highest BCUT2D eigenvalue weighted by Crippen LogP contribution is 2.10. The normalized spacial score (nSPS) is 12.1. The van der Waals surface area contributed by atoms with Crippen molar-refractivity contribution in [2.45, 2.75) is 6.54 Å². The molecule has 20 heavy (non-hydrogen) atoms. The highest BCUT2D eigenvalue weighted by molar-refractivity contribution is 5.93. The Kier molecular flexibility index (Phi) is 5.33. The molecule has 0 spiro atoms. The van der Waals surface area contributed by atoms with Crippen LogP contribution in [0.25, 0.3) is 0 Å². The van der Waals surface area contributed by atoms with Crippen LogP contribution in [-0.4, -0.2) is 42.1 Å². The number of anilines is 1. The van der Waals surface area contributed by atoms with Crippen molar-refractivity contribution in [3.05, 3.63) is 29.8 Å². The van der Waals surface area contributed by atoms with Crippen molar-refractivity contribution in [1.29, 1.82) is 0 Å². The molecule has 0 atom stereocenters. The number of nitrogens with zero attached hydrogens (tertiary/aromatic N) is 3. The van der Waals surface area contributed by atoms with Crippen molar-refractivity contribution in [3.63, 3.8) is 0 Å². The summed E-state index contributed by atoms with van der Waals surface area (Å²) in [6.45, 7) is 0.337. The summed E-state index contributed by atoms with van der Waals surface area (Å²) in [5.74, 6) is 0.358. The Morgan fingerprint density at radius 2 is 1.90 bits per heavy atom. The molecule has 1 amide bonds. The Hall–Kier alpha value is -2.77. The molecule has 0 bridgehead atoms. The average molecular weight is 278 g/mol. The molecule has 0 saturated carbocycles. The van der Waals surface area contributed by atoms with Crippen molar-refractivity contribution < 1.29 is 9.90 Å². The number of aliphatic imine (C=N–C) groups is 2. The first kappa shape index (κ1) is 15.3. The number of nitrogens with two attached hydrogens (primary N) is 2. The molecular weight excluding hydrogens is 260 g/mol. The lowest BCUT2D eigenvalue weighted by molar-refractivity contribution is 0.210. The van der Waals surface area contributed by atoms with E-state index in [4.69, 9.17) is 16.6 Å². The van der Waals surface area contributed by atoms with Crippen LogP contribution in [-0.2, 0) is 6.54 Å². The van der Waals surface area contributed by atoms with Crippen molar-refractivity contribution in [2.75, 3.05) is 19.4 Å². The fraction of sp³-hybridized carbons (Fsp3) is 0.250.